The molecule has 2 N–H and O–H groups in total. The molecule has 2 rings (SSSR count). The summed E-state index contributed by atoms with van der Waals surface area (Å²) in [5.41, 5.74) is 0. The predicted octanol–water partition coefficient (Wildman–Crippen LogP) is 2.28. The van der Waals surface area contributed by atoms with Crippen LogP contribution in [0.1, 0.15) is 12.7 Å². The van der Waals surface area contributed by atoms with Crippen LogP contribution in [-0.2, 0) is 13.6 Å². The highest BCUT2D eigenvalue weighted by Crippen LogP contribution is 2.21. The van der Waals surface area contributed by atoms with Crippen molar-refractivity contribution in [1.82, 2.24) is 25.4 Å². The molecule has 126 valence electrons. The Morgan fingerprint density at radius 2 is 2.04 bits per heavy atom. The number of rotatable bonds is 6. The molecule has 0 saturated heterocycles. The van der Waals surface area contributed by atoms with Gasteiger partial charge in [-0.25, -0.2) is 4.98 Å². The van der Waals surface area contributed by atoms with Crippen LogP contribution in [0.3, 0.4) is 0 Å². The number of nitrogens with one attached hydrogen (secondary N) is 2. The average Bonchev–Trinajstić information content (AvgIpc) is 2.94. The molecular weight excluding hydrogens is 423 g/mol. The lowest BCUT2D eigenvalue weighted by molar-refractivity contribution is 0.672. The molecule has 6 nitrogen and oxygen atoms in total. The Morgan fingerprint density at radius 3 is 2.65 bits per heavy atom. The zero-order chi connectivity index (χ0) is 15.8. The summed E-state index contributed by atoms with van der Waals surface area (Å²) < 4.78 is 1.74. The fraction of sp³-hybridized carbons (Fsp3) is 0.400. The second-order valence-electron chi connectivity index (χ2n) is 4.85. The van der Waals surface area contributed by atoms with Gasteiger partial charge in [0.25, 0.3) is 0 Å². The van der Waals surface area contributed by atoms with Crippen LogP contribution in [0.25, 0.3) is 0 Å². The van der Waals surface area contributed by atoms with Crippen LogP contribution < -0.4 is 10.6 Å². The minimum atomic E-state index is 0. The van der Waals surface area contributed by atoms with E-state index in [0.29, 0.717) is 11.8 Å². The maximum absolute atomic E-state index is 4.22. The number of hydrogen-bond acceptors (Lipinski definition) is 4. The highest BCUT2D eigenvalue weighted by Gasteiger charge is 2.07. The van der Waals surface area contributed by atoms with E-state index in [1.165, 1.54) is 4.90 Å². The molecular formula is C15H23IN6S. The monoisotopic (exact) mass is 446 g/mol. The Labute approximate surface area is 158 Å². The third-order valence-electron chi connectivity index (χ3n) is 3.08. The zero-order valence-corrected chi connectivity index (χ0v) is 16.7. The Morgan fingerprint density at radius 1 is 1.30 bits per heavy atom. The molecule has 0 bridgehead atoms. The highest BCUT2D eigenvalue weighted by atomic mass is 127. The first-order chi connectivity index (χ1) is 10.7. The van der Waals surface area contributed by atoms with E-state index in [1.54, 1.807) is 18.1 Å². The van der Waals surface area contributed by atoms with Gasteiger partial charge in [-0.1, -0.05) is 25.1 Å². The number of hydrogen-bond donors (Lipinski definition) is 2. The summed E-state index contributed by atoms with van der Waals surface area (Å²) in [6.07, 6.45) is 1.55. The lowest BCUT2D eigenvalue weighted by Crippen LogP contribution is -2.40. The van der Waals surface area contributed by atoms with Crippen LogP contribution in [0, 0.1) is 0 Å². The summed E-state index contributed by atoms with van der Waals surface area (Å²) in [5.74, 6) is 1.64. The molecule has 0 aliphatic rings. The average molecular weight is 446 g/mol. The smallest absolute Gasteiger partial charge is 0.191 e. The van der Waals surface area contributed by atoms with Crippen molar-refractivity contribution in [3.05, 3.63) is 42.5 Å². The van der Waals surface area contributed by atoms with E-state index in [-0.39, 0.29) is 24.0 Å². The quantitative estimate of drug-likeness (QED) is 0.309. The summed E-state index contributed by atoms with van der Waals surface area (Å²) in [6, 6.07) is 10.4. The summed E-state index contributed by atoms with van der Waals surface area (Å²) in [6.45, 7) is 3.62. The molecule has 0 aliphatic heterocycles. The van der Waals surface area contributed by atoms with Crippen molar-refractivity contribution in [2.24, 2.45) is 12.0 Å². The molecule has 0 spiro atoms. The van der Waals surface area contributed by atoms with E-state index >= 15 is 0 Å². The third-order valence-corrected chi connectivity index (χ3v) is 4.19. The molecule has 1 aromatic heterocycles. The molecule has 0 radical (unpaired) electrons. The second kappa shape index (κ2) is 10.5. The fourth-order valence-corrected chi connectivity index (χ4v) is 2.82. The van der Waals surface area contributed by atoms with Crippen LogP contribution >= 0.6 is 35.7 Å². The summed E-state index contributed by atoms with van der Waals surface area (Å²) in [5, 5.41) is 11.1. The van der Waals surface area contributed by atoms with E-state index in [4.69, 9.17) is 0 Å². The first-order valence-electron chi connectivity index (χ1n) is 7.18. The molecule has 0 saturated carbocycles. The fourth-order valence-electron chi connectivity index (χ4n) is 1.88. The SMILES string of the molecule is CN=C(NCc1ncnn1C)NCC(C)Sc1ccccc1.I. The number of guanidine groups is 1. The van der Waals surface area contributed by atoms with Crippen LogP contribution in [0.15, 0.2) is 46.5 Å². The largest absolute Gasteiger partial charge is 0.355 e. The van der Waals surface area contributed by atoms with Crippen molar-refractivity contribution in [3.63, 3.8) is 0 Å². The first kappa shape index (κ1) is 19.8. The molecule has 8 heteroatoms. The van der Waals surface area contributed by atoms with Gasteiger partial charge in [0.1, 0.15) is 12.2 Å². The predicted molar refractivity (Wildman–Crippen MR) is 106 cm³/mol. The van der Waals surface area contributed by atoms with E-state index in [2.05, 4.69) is 56.9 Å². The highest BCUT2D eigenvalue weighted by molar-refractivity contribution is 14.0. The molecule has 0 fully saturated rings. The van der Waals surface area contributed by atoms with Gasteiger partial charge in [0, 0.05) is 30.8 Å². The number of nitrogens with zero attached hydrogens (tertiary/aromatic N) is 4. The van der Waals surface area contributed by atoms with Crippen molar-refractivity contribution in [2.75, 3.05) is 13.6 Å². The van der Waals surface area contributed by atoms with Gasteiger partial charge in [0.05, 0.1) is 6.54 Å². The van der Waals surface area contributed by atoms with Crippen LogP contribution in [0.2, 0.25) is 0 Å². The Bertz CT molecular complexity index is 601. The standard InChI is InChI=1S/C15H22N6S.HI/c1-12(22-13-7-5-4-6-8-13)9-17-15(16-2)18-10-14-19-11-20-21(14)3;/h4-8,11-12H,9-10H2,1-3H3,(H2,16,17,18);1H. The summed E-state index contributed by atoms with van der Waals surface area (Å²) >= 11 is 1.84. The molecule has 23 heavy (non-hydrogen) atoms. The van der Waals surface area contributed by atoms with Crippen molar-refractivity contribution < 1.29 is 0 Å². The van der Waals surface area contributed by atoms with Crippen molar-refractivity contribution in [1.29, 1.82) is 0 Å². The van der Waals surface area contributed by atoms with Gasteiger partial charge >= 0.3 is 0 Å². The summed E-state index contributed by atoms with van der Waals surface area (Å²) in [7, 11) is 3.64. The minimum Gasteiger partial charge on any atom is -0.355 e. The molecule has 1 aromatic carbocycles. The number of benzene rings is 1. The maximum Gasteiger partial charge on any atom is 0.191 e. The number of halogens is 1. The Balaban J connectivity index is 0.00000264. The van der Waals surface area contributed by atoms with Crippen molar-refractivity contribution in [2.45, 2.75) is 23.6 Å². The van der Waals surface area contributed by atoms with E-state index < -0.39 is 0 Å². The van der Waals surface area contributed by atoms with E-state index in [0.717, 1.165) is 18.3 Å². The maximum atomic E-state index is 4.22. The van der Waals surface area contributed by atoms with Gasteiger partial charge < -0.3 is 10.6 Å². The summed E-state index contributed by atoms with van der Waals surface area (Å²) in [4.78, 5) is 9.68. The molecule has 0 aliphatic carbocycles. The van der Waals surface area contributed by atoms with Gasteiger partial charge in [0.15, 0.2) is 5.96 Å². The van der Waals surface area contributed by atoms with Gasteiger partial charge in [-0.05, 0) is 12.1 Å². The first-order valence-corrected chi connectivity index (χ1v) is 8.06. The van der Waals surface area contributed by atoms with Gasteiger partial charge in [-0.15, -0.1) is 35.7 Å². The molecule has 1 unspecified atom stereocenters. The van der Waals surface area contributed by atoms with Gasteiger partial charge in [0.2, 0.25) is 0 Å². The molecule has 2 aromatic rings. The third kappa shape index (κ3) is 6.78. The van der Waals surface area contributed by atoms with Crippen LogP contribution in [-0.4, -0.2) is 39.6 Å². The van der Waals surface area contributed by atoms with Crippen molar-refractivity contribution >= 4 is 41.7 Å². The molecule has 0 amide bonds. The zero-order valence-electron chi connectivity index (χ0n) is 13.6. The number of aryl methyl sites for hydroxylation is 1. The number of aliphatic imine (C=N–C) groups is 1. The molecule has 1 atom stereocenters. The lowest BCUT2D eigenvalue weighted by Gasteiger charge is -2.15. The van der Waals surface area contributed by atoms with Crippen LogP contribution in [0.5, 0.6) is 0 Å². The number of thioether (sulfide) groups is 1. The van der Waals surface area contributed by atoms with E-state index in [9.17, 15) is 0 Å². The Kier molecular flexibility index (Phi) is 9.00. The van der Waals surface area contributed by atoms with Gasteiger partial charge in [-0.3, -0.25) is 9.67 Å². The van der Waals surface area contributed by atoms with Crippen molar-refractivity contribution in [3.8, 4) is 0 Å². The molecule has 1 heterocycles. The van der Waals surface area contributed by atoms with E-state index in [1.807, 2.05) is 24.9 Å². The lowest BCUT2D eigenvalue weighted by atomic mass is 10.4. The second-order valence-corrected chi connectivity index (χ2v) is 6.36. The topological polar surface area (TPSA) is 67.1 Å². The number of aromatic nitrogens is 3. The van der Waals surface area contributed by atoms with Gasteiger partial charge in [-0.2, -0.15) is 5.10 Å². The Hall–Kier alpha value is -1.29. The normalized spacial score (nSPS) is 12.4. The van der Waals surface area contributed by atoms with Crippen LogP contribution in [0.4, 0.5) is 0 Å². The minimum absolute atomic E-state index is 0.